The van der Waals surface area contributed by atoms with Crippen LogP contribution in [0.25, 0.3) is 0 Å². The van der Waals surface area contributed by atoms with Gasteiger partial charge in [-0.15, -0.1) is 0 Å². The summed E-state index contributed by atoms with van der Waals surface area (Å²) in [4.78, 5) is 13.0. The molecule has 1 fully saturated rings. The predicted molar refractivity (Wildman–Crippen MR) is 127 cm³/mol. The number of piperidine rings is 1. The van der Waals surface area contributed by atoms with Gasteiger partial charge in [0.15, 0.2) is 0 Å². The summed E-state index contributed by atoms with van der Waals surface area (Å²) in [6, 6.07) is 8.61. The van der Waals surface area contributed by atoms with Gasteiger partial charge < -0.3 is 10.1 Å². The van der Waals surface area contributed by atoms with Crippen LogP contribution in [0.5, 0.6) is 5.75 Å². The normalized spacial score (nSPS) is 16.6. The molecule has 0 saturated carbocycles. The first kappa shape index (κ1) is 24.6. The van der Waals surface area contributed by atoms with Gasteiger partial charge in [0.05, 0.1) is 23.1 Å². The van der Waals surface area contributed by atoms with Gasteiger partial charge in [-0.05, 0) is 81.0 Å². The van der Waals surface area contributed by atoms with Crippen molar-refractivity contribution in [1.29, 1.82) is 0 Å². The van der Waals surface area contributed by atoms with Crippen molar-refractivity contribution in [2.24, 2.45) is 5.92 Å². The highest BCUT2D eigenvalue weighted by Crippen LogP contribution is 2.30. The molecule has 3 rings (SSSR count). The van der Waals surface area contributed by atoms with Crippen LogP contribution < -0.4 is 10.1 Å². The Morgan fingerprint density at radius 2 is 1.72 bits per heavy atom. The number of ether oxygens (including phenoxy) is 1. The van der Waals surface area contributed by atoms with E-state index in [-0.39, 0.29) is 27.8 Å². The zero-order chi connectivity index (χ0) is 23.6. The van der Waals surface area contributed by atoms with E-state index in [4.69, 9.17) is 16.3 Å². The molecule has 1 N–H and O–H groups in total. The van der Waals surface area contributed by atoms with Crippen molar-refractivity contribution in [2.45, 2.75) is 51.5 Å². The zero-order valence-corrected chi connectivity index (χ0v) is 20.8. The average Bonchev–Trinajstić information content (AvgIpc) is 2.76. The van der Waals surface area contributed by atoms with Gasteiger partial charge in [-0.25, -0.2) is 8.42 Å². The lowest BCUT2D eigenvalue weighted by atomic mass is 9.94. The third-order valence-corrected chi connectivity index (χ3v) is 8.48. The summed E-state index contributed by atoms with van der Waals surface area (Å²) in [5, 5.41) is 3.37. The maximum absolute atomic E-state index is 13.0. The van der Waals surface area contributed by atoms with Gasteiger partial charge in [0.2, 0.25) is 15.9 Å². The number of nitrogens with zero attached hydrogens (tertiary/aromatic N) is 1. The first-order valence-corrected chi connectivity index (χ1v) is 12.6. The topological polar surface area (TPSA) is 75.7 Å². The van der Waals surface area contributed by atoms with Crippen molar-refractivity contribution in [2.75, 3.05) is 20.2 Å². The van der Waals surface area contributed by atoms with E-state index in [2.05, 4.69) is 38.2 Å². The standard InChI is InChI=1S/C24H31ClN2O4S/c1-15-12-17(3)21(13-16(15)2)18(4)26-24(28)19-8-10-27(11-9-19)32(29,30)20-6-7-23(31-5)22(25)14-20/h6-7,12-14,18-19H,8-11H2,1-5H3,(H,26,28). The molecule has 1 heterocycles. The Hall–Kier alpha value is -2.09. The van der Waals surface area contributed by atoms with Gasteiger partial charge in [-0.3, -0.25) is 4.79 Å². The van der Waals surface area contributed by atoms with E-state index in [1.165, 1.54) is 34.7 Å². The number of amides is 1. The molecular formula is C24H31ClN2O4S. The summed E-state index contributed by atoms with van der Waals surface area (Å²) in [5.41, 5.74) is 4.69. The summed E-state index contributed by atoms with van der Waals surface area (Å²) < 4.78 is 32.5. The maximum atomic E-state index is 13.0. The van der Waals surface area contributed by atoms with Crippen molar-refractivity contribution in [3.63, 3.8) is 0 Å². The number of aryl methyl sites for hydroxylation is 3. The fraction of sp³-hybridized carbons (Fsp3) is 0.458. The number of halogens is 1. The molecular weight excluding hydrogens is 448 g/mol. The molecule has 0 aliphatic carbocycles. The highest BCUT2D eigenvalue weighted by Gasteiger charge is 2.33. The van der Waals surface area contributed by atoms with Crippen molar-refractivity contribution >= 4 is 27.5 Å². The molecule has 1 aliphatic heterocycles. The minimum Gasteiger partial charge on any atom is -0.495 e. The second-order valence-corrected chi connectivity index (χ2v) is 10.8. The highest BCUT2D eigenvalue weighted by atomic mass is 35.5. The highest BCUT2D eigenvalue weighted by molar-refractivity contribution is 7.89. The molecule has 0 radical (unpaired) electrons. The molecule has 2 aromatic carbocycles. The Labute approximate surface area is 196 Å². The van der Waals surface area contributed by atoms with Crippen molar-refractivity contribution in [1.82, 2.24) is 9.62 Å². The van der Waals surface area contributed by atoms with Gasteiger partial charge in [0.25, 0.3) is 0 Å². The summed E-state index contributed by atoms with van der Waals surface area (Å²) in [6.45, 7) is 8.78. The lowest BCUT2D eigenvalue weighted by Crippen LogP contribution is -2.43. The summed E-state index contributed by atoms with van der Waals surface area (Å²) >= 11 is 6.11. The molecule has 174 valence electrons. The number of benzene rings is 2. The fourth-order valence-corrected chi connectivity index (χ4v) is 5.99. The first-order valence-electron chi connectivity index (χ1n) is 10.8. The Kier molecular flexibility index (Phi) is 7.53. The van der Waals surface area contributed by atoms with Crippen molar-refractivity contribution in [3.05, 3.63) is 57.6 Å². The molecule has 1 amide bonds. The van der Waals surface area contributed by atoms with Crippen LogP contribution in [0.1, 0.15) is 48.1 Å². The second-order valence-electron chi connectivity index (χ2n) is 8.50. The smallest absolute Gasteiger partial charge is 0.243 e. The van der Waals surface area contributed by atoms with E-state index in [9.17, 15) is 13.2 Å². The van der Waals surface area contributed by atoms with Crippen LogP contribution in [-0.2, 0) is 14.8 Å². The van der Waals surface area contributed by atoms with Crippen LogP contribution in [0, 0.1) is 26.7 Å². The van der Waals surface area contributed by atoms with Crippen LogP contribution in [-0.4, -0.2) is 38.8 Å². The minimum atomic E-state index is -3.68. The lowest BCUT2D eigenvalue weighted by molar-refractivity contribution is -0.126. The number of sulfonamides is 1. The van der Waals surface area contributed by atoms with E-state index in [1.54, 1.807) is 6.07 Å². The number of hydrogen-bond acceptors (Lipinski definition) is 4. The number of hydrogen-bond donors (Lipinski definition) is 1. The molecule has 32 heavy (non-hydrogen) atoms. The van der Waals surface area contributed by atoms with E-state index >= 15 is 0 Å². The number of carbonyl (C=O) groups excluding carboxylic acids is 1. The monoisotopic (exact) mass is 478 g/mol. The van der Waals surface area contributed by atoms with Gasteiger partial charge in [0, 0.05) is 19.0 Å². The van der Waals surface area contributed by atoms with E-state index in [0.717, 1.165) is 11.1 Å². The summed E-state index contributed by atoms with van der Waals surface area (Å²) in [5.74, 6) is 0.184. The molecule has 1 atom stereocenters. The molecule has 1 saturated heterocycles. The summed E-state index contributed by atoms with van der Waals surface area (Å²) in [7, 11) is -2.20. The molecule has 6 nitrogen and oxygen atoms in total. The molecule has 0 aromatic heterocycles. The predicted octanol–water partition coefficient (Wildman–Crippen LogP) is 4.55. The third kappa shape index (κ3) is 5.11. The average molecular weight is 479 g/mol. The SMILES string of the molecule is COc1ccc(S(=O)(=O)N2CCC(C(=O)NC(C)c3cc(C)c(C)cc3C)CC2)cc1Cl. The Morgan fingerprint density at radius 1 is 1.09 bits per heavy atom. The molecule has 0 bridgehead atoms. The lowest BCUT2D eigenvalue weighted by Gasteiger charge is -2.31. The van der Waals surface area contributed by atoms with Gasteiger partial charge in [-0.2, -0.15) is 4.31 Å². The second kappa shape index (κ2) is 9.81. The largest absolute Gasteiger partial charge is 0.495 e. The number of nitrogens with one attached hydrogen (secondary N) is 1. The Balaban J connectivity index is 1.63. The van der Waals surface area contributed by atoms with Crippen molar-refractivity contribution in [3.8, 4) is 5.75 Å². The van der Waals surface area contributed by atoms with E-state index < -0.39 is 10.0 Å². The van der Waals surface area contributed by atoms with E-state index in [0.29, 0.717) is 31.7 Å². The minimum absolute atomic E-state index is 0.0281. The zero-order valence-electron chi connectivity index (χ0n) is 19.2. The van der Waals surface area contributed by atoms with Crippen LogP contribution in [0.4, 0.5) is 0 Å². The first-order chi connectivity index (χ1) is 15.0. The fourth-order valence-electron chi connectivity index (χ4n) is 4.17. The molecule has 2 aromatic rings. The molecule has 8 heteroatoms. The molecule has 1 aliphatic rings. The Bertz CT molecular complexity index is 1110. The quantitative estimate of drug-likeness (QED) is 0.660. The van der Waals surface area contributed by atoms with Crippen LogP contribution in [0.15, 0.2) is 35.2 Å². The van der Waals surface area contributed by atoms with Crippen molar-refractivity contribution < 1.29 is 17.9 Å². The third-order valence-electron chi connectivity index (χ3n) is 6.29. The van der Waals surface area contributed by atoms with Crippen LogP contribution in [0.3, 0.4) is 0 Å². The van der Waals surface area contributed by atoms with Gasteiger partial charge in [-0.1, -0.05) is 23.7 Å². The van der Waals surface area contributed by atoms with Crippen LogP contribution in [0.2, 0.25) is 5.02 Å². The number of rotatable bonds is 6. The number of methoxy groups -OCH3 is 1. The van der Waals surface area contributed by atoms with Gasteiger partial charge in [0.1, 0.15) is 5.75 Å². The number of carbonyl (C=O) groups is 1. The molecule has 0 spiro atoms. The molecule has 1 unspecified atom stereocenters. The Morgan fingerprint density at radius 3 is 2.31 bits per heavy atom. The van der Waals surface area contributed by atoms with Crippen LogP contribution >= 0.6 is 11.6 Å². The van der Waals surface area contributed by atoms with Gasteiger partial charge >= 0.3 is 0 Å². The van der Waals surface area contributed by atoms with E-state index in [1.807, 2.05) is 6.92 Å². The summed E-state index contributed by atoms with van der Waals surface area (Å²) in [6.07, 6.45) is 0.959. The maximum Gasteiger partial charge on any atom is 0.243 e.